The molecule has 0 saturated heterocycles. The molecule has 3 aromatic rings. The lowest BCUT2D eigenvalue weighted by molar-refractivity contribution is 0.402. The maximum Gasteiger partial charge on any atom is 0.186 e. The predicted octanol–water partition coefficient (Wildman–Crippen LogP) is 4.41. The summed E-state index contributed by atoms with van der Waals surface area (Å²) in [5.41, 5.74) is 1.70. The Morgan fingerprint density at radius 1 is 1.14 bits per heavy atom. The minimum atomic E-state index is -3.62. The van der Waals surface area contributed by atoms with Crippen LogP contribution in [0.15, 0.2) is 52.5 Å². The molecule has 8 heteroatoms. The lowest BCUT2D eigenvalue weighted by atomic mass is 10.2. The van der Waals surface area contributed by atoms with Crippen molar-refractivity contribution in [2.75, 3.05) is 17.9 Å². The Labute approximate surface area is 168 Å². The van der Waals surface area contributed by atoms with E-state index in [1.165, 1.54) is 18.3 Å². The van der Waals surface area contributed by atoms with E-state index in [0.29, 0.717) is 28.3 Å². The van der Waals surface area contributed by atoms with Gasteiger partial charge in [0.25, 0.3) is 0 Å². The quantitative estimate of drug-likeness (QED) is 0.627. The molecule has 0 N–H and O–H groups in total. The highest BCUT2D eigenvalue weighted by Crippen LogP contribution is 2.44. The highest BCUT2D eigenvalue weighted by molar-refractivity contribution is 7.99. The van der Waals surface area contributed by atoms with Gasteiger partial charge in [-0.15, -0.1) is 11.8 Å². The van der Waals surface area contributed by atoms with Crippen molar-refractivity contribution in [1.29, 1.82) is 0 Å². The zero-order valence-corrected chi connectivity index (χ0v) is 17.8. The third kappa shape index (κ3) is 2.91. The molecule has 0 amide bonds. The number of thioether (sulfide) groups is 1. The summed E-state index contributed by atoms with van der Waals surface area (Å²) in [6, 6.07) is 11.4. The van der Waals surface area contributed by atoms with Crippen LogP contribution in [0.25, 0.3) is 10.9 Å². The normalized spacial score (nSPS) is 14.4. The molecule has 2 heterocycles. The summed E-state index contributed by atoms with van der Waals surface area (Å²) in [6.07, 6.45) is 1.50. The molecule has 2 aromatic carbocycles. The van der Waals surface area contributed by atoms with Crippen LogP contribution in [0.4, 0.5) is 11.5 Å². The fourth-order valence-corrected chi connectivity index (χ4v) is 5.52. The van der Waals surface area contributed by atoms with Gasteiger partial charge in [-0.25, -0.2) is 18.4 Å². The summed E-state index contributed by atoms with van der Waals surface area (Å²) in [6.45, 7) is 5.05. The third-order valence-corrected chi connectivity index (χ3v) is 8.31. The zero-order valence-electron chi connectivity index (χ0n) is 16.1. The maximum atomic E-state index is 13.2. The minimum absolute atomic E-state index is 0.159. The van der Waals surface area contributed by atoms with E-state index in [-0.39, 0.29) is 4.90 Å². The van der Waals surface area contributed by atoms with Gasteiger partial charge < -0.3 is 9.64 Å². The third-order valence-electron chi connectivity index (χ3n) is 4.76. The molecule has 146 valence electrons. The largest absolute Gasteiger partial charge is 0.495 e. The van der Waals surface area contributed by atoms with Gasteiger partial charge in [-0.3, -0.25) is 0 Å². The van der Waals surface area contributed by atoms with E-state index in [1.54, 1.807) is 44.7 Å². The lowest BCUT2D eigenvalue weighted by Gasteiger charge is -2.23. The molecule has 6 nitrogen and oxygen atoms in total. The molecule has 0 aliphatic carbocycles. The van der Waals surface area contributed by atoms with Gasteiger partial charge in [-0.05, 0) is 39.0 Å². The number of hydrogen-bond donors (Lipinski definition) is 0. The van der Waals surface area contributed by atoms with Crippen LogP contribution < -0.4 is 9.64 Å². The molecule has 0 bridgehead atoms. The second kappa shape index (κ2) is 6.63. The van der Waals surface area contributed by atoms with Crippen molar-refractivity contribution in [3.63, 3.8) is 0 Å². The van der Waals surface area contributed by atoms with E-state index < -0.39 is 14.6 Å². The van der Waals surface area contributed by atoms with Gasteiger partial charge in [0.1, 0.15) is 22.8 Å². The number of methoxy groups -OCH3 is 1. The van der Waals surface area contributed by atoms with E-state index in [1.807, 2.05) is 18.2 Å². The van der Waals surface area contributed by atoms with Crippen LogP contribution in [0.5, 0.6) is 5.75 Å². The van der Waals surface area contributed by atoms with Gasteiger partial charge >= 0.3 is 0 Å². The van der Waals surface area contributed by atoms with E-state index in [4.69, 9.17) is 4.74 Å². The number of anilines is 2. The summed E-state index contributed by atoms with van der Waals surface area (Å²) in [5.74, 6) is 1.69. The molecule has 0 unspecified atom stereocenters. The van der Waals surface area contributed by atoms with E-state index in [9.17, 15) is 8.42 Å². The van der Waals surface area contributed by atoms with Crippen LogP contribution in [0, 0.1) is 0 Å². The molecular formula is C20H21N3O3S2. The van der Waals surface area contributed by atoms with Crippen molar-refractivity contribution >= 4 is 44.0 Å². The summed E-state index contributed by atoms with van der Waals surface area (Å²) in [5, 5.41) is 0.684. The molecule has 28 heavy (non-hydrogen) atoms. The average Bonchev–Trinajstić information content (AvgIpc) is 3.09. The van der Waals surface area contributed by atoms with Crippen LogP contribution in [0.1, 0.15) is 20.8 Å². The van der Waals surface area contributed by atoms with Crippen molar-refractivity contribution < 1.29 is 13.2 Å². The second-order valence-electron chi connectivity index (χ2n) is 7.50. The maximum absolute atomic E-state index is 13.2. The van der Waals surface area contributed by atoms with Crippen LogP contribution >= 0.6 is 11.8 Å². The summed E-state index contributed by atoms with van der Waals surface area (Å²) < 4.78 is 30.8. The molecule has 1 aromatic heterocycles. The SMILES string of the molecule is COc1cc2ncnc(N3CSc4ccccc43)c2cc1S(=O)(=O)C(C)(C)C. The van der Waals surface area contributed by atoms with Crippen LogP contribution in [-0.2, 0) is 9.84 Å². The Bertz CT molecular complexity index is 1170. The summed E-state index contributed by atoms with van der Waals surface area (Å²) in [7, 11) is -2.15. The molecule has 0 saturated carbocycles. The van der Waals surface area contributed by atoms with Gasteiger partial charge in [-0.2, -0.15) is 0 Å². The first-order valence-corrected chi connectivity index (χ1v) is 11.3. The number of nitrogens with zero attached hydrogens (tertiary/aromatic N) is 3. The summed E-state index contributed by atoms with van der Waals surface area (Å²) in [4.78, 5) is 12.3. The van der Waals surface area contributed by atoms with Crippen molar-refractivity contribution in [2.24, 2.45) is 0 Å². The Hall–Kier alpha value is -2.32. The smallest absolute Gasteiger partial charge is 0.186 e. The molecule has 1 aliphatic rings. The Balaban J connectivity index is 1.97. The monoisotopic (exact) mass is 415 g/mol. The number of ether oxygens (including phenoxy) is 1. The fraction of sp³-hybridized carbons (Fsp3) is 0.300. The van der Waals surface area contributed by atoms with Gasteiger partial charge in [-0.1, -0.05) is 12.1 Å². The highest BCUT2D eigenvalue weighted by Gasteiger charge is 2.34. The lowest BCUT2D eigenvalue weighted by Crippen LogP contribution is -2.28. The number of para-hydroxylation sites is 1. The van der Waals surface area contributed by atoms with Crippen LogP contribution in [-0.4, -0.2) is 36.1 Å². The number of fused-ring (bicyclic) bond motifs is 2. The molecule has 0 atom stereocenters. The van der Waals surface area contributed by atoms with Crippen molar-refractivity contribution in [2.45, 2.75) is 35.3 Å². The Morgan fingerprint density at radius 3 is 2.61 bits per heavy atom. The number of sulfone groups is 1. The number of rotatable bonds is 3. The van der Waals surface area contributed by atoms with Crippen molar-refractivity contribution in [1.82, 2.24) is 9.97 Å². The first-order valence-electron chi connectivity index (χ1n) is 8.81. The van der Waals surface area contributed by atoms with Crippen LogP contribution in [0.2, 0.25) is 0 Å². The number of aromatic nitrogens is 2. The van der Waals surface area contributed by atoms with Crippen molar-refractivity contribution in [3.8, 4) is 5.75 Å². The topological polar surface area (TPSA) is 72.4 Å². The first-order chi connectivity index (χ1) is 13.2. The van der Waals surface area contributed by atoms with Crippen LogP contribution in [0.3, 0.4) is 0 Å². The predicted molar refractivity (Wildman–Crippen MR) is 112 cm³/mol. The van der Waals surface area contributed by atoms with Gasteiger partial charge in [0.15, 0.2) is 9.84 Å². The minimum Gasteiger partial charge on any atom is -0.495 e. The Morgan fingerprint density at radius 2 is 1.89 bits per heavy atom. The standard InChI is InChI=1S/C20H21N3O3S2/c1-20(2,3)28(24,25)18-9-13-14(10-16(18)26-4)21-11-22-19(13)23-12-27-17-8-6-5-7-15(17)23/h5-11H,12H2,1-4H3. The number of benzene rings is 2. The molecule has 4 rings (SSSR count). The first kappa shape index (κ1) is 19.0. The number of hydrogen-bond acceptors (Lipinski definition) is 7. The van der Waals surface area contributed by atoms with Crippen molar-refractivity contribution in [3.05, 3.63) is 42.7 Å². The fourth-order valence-electron chi connectivity index (χ4n) is 3.15. The summed E-state index contributed by atoms with van der Waals surface area (Å²) >= 11 is 1.72. The highest BCUT2D eigenvalue weighted by atomic mass is 32.2. The molecule has 0 fully saturated rings. The molecular weight excluding hydrogens is 394 g/mol. The molecule has 1 aliphatic heterocycles. The van der Waals surface area contributed by atoms with Gasteiger partial charge in [0, 0.05) is 16.3 Å². The van der Waals surface area contributed by atoms with E-state index in [2.05, 4.69) is 20.9 Å². The zero-order chi connectivity index (χ0) is 20.1. The molecule has 0 spiro atoms. The van der Waals surface area contributed by atoms with Gasteiger partial charge in [0.05, 0.1) is 28.9 Å². The average molecular weight is 416 g/mol. The molecule has 0 radical (unpaired) electrons. The Kier molecular flexibility index (Phi) is 4.50. The van der Waals surface area contributed by atoms with E-state index in [0.717, 1.165) is 5.69 Å². The van der Waals surface area contributed by atoms with Gasteiger partial charge in [0.2, 0.25) is 0 Å². The van der Waals surface area contributed by atoms with E-state index >= 15 is 0 Å². The second-order valence-corrected chi connectivity index (χ2v) is 11.2.